The van der Waals surface area contributed by atoms with Gasteiger partial charge in [-0.15, -0.1) is 0 Å². The van der Waals surface area contributed by atoms with Crippen molar-refractivity contribution in [2.24, 2.45) is 5.92 Å². The minimum atomic E-state index is -0.119. The van der Waals surface area contributed by atoms with Crippen LogP contribution in [0.5, 0.6) is 5.75 Å². The SMILES string of the molecule is CSc1nccc(-c2cc(Cl)c3c(c2)C[C@@H](CNC(=O)[C@H]2CCOC2)O3)n1. The van der Waals surface area contributed by atoms with Crippen molar-refractivity contribution in [2.45, 2.75) is 24.1 Å². The van der Waals surface area contributed by atoms with Gasteiger partial charge in [-0.25, -0.2) is 9.97 Å². The topological polar surface area (TPSA) is 73.3 Å². The van der Waals surface area contributed by atoms with Crippen LogP contribution >= 0.6 is 23.4 Å². The molecule has 4 rings (SSSR count). The number of ether oxygens (including phenoxy) is 2. The van der Waals surface area contributed by atoms with E-state index in [1.807, 2.05) is 18.4 Å². The zero-order chi connectivity index (χ0) is 18.8. The Morgan fingerprint density at radius 1 is 1.44 bits per heavy atom. The molecule has 0 bridgehead atoms. The fourth-order valence-corrected chi connectivity index (χ4v) is 3.99. The molecule has 8 heteroatoms. The number of fused-ring (bicyclic) bond motifs is 1. The summed E-state index contributed by atoms with van der Waals surface area (Å²) in [5, 5.41) is 4.25. The highest BCUT2D eigenvalue weighted by molar-refractivity contribution is 7.98. The molecule has 2 aromatic rings. The molecule has 3 heterocycles. The zero-order valence-electron chi connectivity index (χ0n) is 14.9. The number of carbonyl (C=O) groups excluding carboxylic acids is 1. The van der Waals surface area contributed by atoms with Crippen LogP contribution in [-0.2, 0) is 16.0 Å². The molecule has 0 aliphatic carbocycles. The molecule has 6 nitrogen and oxygen atoms in total. The minimum absolute atomic E-state index is 0.0319. The number of carbonyl (C=O) groups is 1. The second-order valence-corrected chi connectivity index (χ2v) is 7.81. The first-order valence-electron chi connectivity index (χ1n) is 8.86. The largest absolute Gasteiger partial charge is 0.486 e. The highest BCUT2D eigenvalue weighted by Gasteiger charge is 2.28. The molecule has 2 atom stereocenters. The highest BCUT2D eigenvalue weighted by atomic mass is 35.5. The van der Waals surface area contributed by atoms with Crippen LogP contribution in [0.4, 0.5) is 0 Å². The highest BCUT2D eigenvalue weighted by Crippen LogP contribution is 2.39. The first kappa shape index (κ1) is 18.5. The molecule has 0 radical (unpaired) electrons. The van der Waals surface area contributed by atoms with Crippen molar-refractivity contribution in [1.82, 2.24) is 15.3 Å². The molecule has 1 saturated heterocycles. The lowest BCUT2D eigenvalue weighted by molar-refractivity contribution is -0.125. The Kier molecular flexibility index (Phi) is 5.52. The van der Waals surface area contributed by atoms with Crippen molar-refractivity contribution in [1.29, 1.82) is 0 Å². The van der Waals surface area contributed by atoms with Crippen LogP contribution in [0.1, 0.15) is 12.0 Å². The van der Waals surface area contributed by atoms with Gasteiger partial charge in [0, 0.05) is 30.4 Å². The molecular formula is C19H20ClN3O3S. The average Bonchev–Trinajstić information content (AvgIpc) is 3.36. The Hall–Kier alpha value is -1.83. The van der Waals surface area contributed by atoms with Crippen LogP contribution in [0.2, 0.25) is 5.02 Å². The van der Waals surface area contributed by atoms with E-state index in [-0.39, 0.29) is 17.9 Å². The van der Waals surface area contributed by atoms with Crippen LogP contribution < -0.4 is 10.1 Å². The number of hydrogen-bond donors (Lipinski definition) is 1. The molecule has 1 amide bonds. The second kappa shape index (κ2) is 8.04. The standard InChI is InChI=1S/C19H20ClN3O3S/c1-27-19-21-4-2-16(23-19)12-6-13-7-14(26-17(13)15(20)8-12)9-22-18(24)11-3-5-25-10-11/h2,4,6,8,11,14H,3,5,7,9-10H2,1H3,(H,22,24)/t11-,14-/m0/s1. The summed E-state index contributed by atoms with van der Waals surface area (Å²) in [6, 6.07) is 5.79. The van der Waals surface area contributed by atoms with E-state index in [1.165, 1.54) is 11.8 Å². The predicted octanol–water partition coefficient (Wildman–Crippen LogP) is 2.98. The number of nitrogens with zero attached hydrogens (tertiary/aromatic N) is 2. The third-order valence-corrected chi connectivity index (χ3v) is 5.61. The van der Waals surface area contributed by atoms with Gasteiger partial charge in [0.25, 0.3) is 0 Å². The lowest BCUT2D eigenvalue weighted by atomic mass is 10.0. The van der Waals surface area contributed by atoms with E-state index in [2.05, 4.69) is 21.4 Å². The smallest absolute Gasteiger partial charge is 0.225 e. The maximum absolute atomic E-state index is 12.2. The first-order chi connectivity index (χ1) is 13.1. The van der Waals surface area contributed by atoms with Gasteiger partial charge in [0.2, 0.25) is 5.91 Å². The maximum Gasteiger partial charge on any atom is 0.225 e. The van der Waals surface area contributed by atoms with E-state index in [0.29, 0.717) is 37.0 Å². The normalized spacial score (nSPS) is 21.0. The number of aromatic nitrogens is 2. The summed E-state index contributed by atoms with van der Waals surface area (Å²) in [5.74, 6) is 0.680. The Labute approximate surface area is 167 Å². The summed E-state index contributed by atoms with van der Waals surface area (Å²) in [6.45, 7) is 1.62. The van der Waals surface area contributed by atoms with Gasteiger partial charge in [-0.1, -0.05) is 23.4 Å². The van der Waals surface area contributed by atoms with Crippen LogP contribution in [0, 0.1) is 5.92 Å². The Morgan fingerprint density at radius 3 is 3.11 bits per heavy atom. The zero-order valence-corrected chi connectivity index (χ0v) is 16.5. The molecular weight excluding hydrogens is 386 g/mol. The Bertz CT molecular complexity index is 858. The monoisotopic (exact) mass is 405 g/mol. The summed E-state index contributed by atoms with van der Waals surface area (Å²) >= 11 is 7.95. The maximum atomic E-state index is 12.2. The Balaban J connectivity index is 1.45. The lowest BCUT2D eigenvalue weighted by Crippen LogP contribution is -2.38. The molecule has 0 spiro atoms. The number of thioether (sulfide) groups is 1. The van der Waals surface area contributed by atoms with Crippen LogP contribution in [0.15, 0.2) is 29.6 Å². The molecule has 142 valence electrons. The van der Waals surface area contributed by atoms with Crippen LogP contribution in [0.3, 0.4) is 0 Å². The van der Waals surface area contributed by atoms with E-state index in [0.717, 1.165) is 28.4 Å². The molecule has 1 aromatic carbocycles. The molecule has 27 heavy (non-hydrogen) atoms. The molecule has 1 fully saturated rings. The predicted molar refractivity (Wildman–Crippen MR) is 104 cm³/mol. The van der Waals surface area contributed by atoms with E-state index in [1.54, 1.807) is 6.20 Å². The van der Waals surface area contributed by atoms with Gasteiger partial charge in [-0.2, -0.15) is 0 Å². The number of rotatable bonds is 5. The number of amides is 1. The van der Waals surface area contributed by atoms with Crippen molar-refractivity contribution >= 4 is 29.3 Å². The first-order valence-corrected chi connectivity index (χ1v) is 10.5. The fourth-order valence-electron chi connectivity index (χ4n) is 3.35. The fraction of sp³-hybridized carbons (Fsp3) is 0.421. The van der Waals surface area contributed by atoms with Gasteiger partial charge in [0.1, 0.15) is 11.9 Å². The number of hydrogen-bond acceptors (Lipinski definition) is 6. The van der Waals surface area contributed by atoms with Gasteiger partial charge >= 0.3 is 0 Å². The molecule has 2 aliphatic rings. The quantitative estimate of drug-likeness (QED) is 0.609. The molecule has 1 aromatic heterocycles. The van der Waals surface area contributed by atoms with Gasteiger partial charge in [-0.05, 0) is 30.9 Å². The Morgan fingerprint density at radius 2 is 2.33 bits per heavy atom. The average molecular weight is 406 g/mol. The third kappa shape index (κ3) is 4.05. The van der Waals surface area contributed by atoms with Crippen LogP contribution in [-0.4, -0.2) is 48.0 Å². The van der Waals surface area contributed by atoms with Gasteiger partial charge in [-0.3, -0.25) is 4.79 Å². The number of halogens is 1. The molecule has 0 unspecified atom stereocenters. The summed E-state index contributed by atoms with van der Waals surface area (Å²) in [5.41, 5.74) is 2.80. The second-order valence-electron chi connectivity index (χ2n) is 6.62. The summed E-state index contributed by atoms with van der Waals surface area (Å²) in [6.07, 6.45) is 5.05. The van der Waals surface area contributed by atoms with Crippen molar-refractivity contribution in [3.63, 3.8) is 0 Å². The van der Waals surface area contributed by atoms with E-state index in [9.17, 15) is 4.79 Å². The van der Waals surface area contributed by atoms with E-state index in [4.69, 9.17) is 21.1 Å². The van der Waals surface area contributed by atoms with E-state index >= 15 is 0 Å². The van der Waals surface area contributed by atoms with Crippen LogP contribution in [0.25, 0.3) is 11.3 Å². The third-order valence-electron chi connectivity index (χ3n) is 4.77. The van der Waals surface area contributed by atoms with Crippen molar-refractivity contribution in [3.05, 3.63) is 35.0 Å². The molecule has 2 aliphatic heterocycles. The summed E-state index contributed by atoms with van der Waals surface area (Å²) in [7, 11) is 0. The lowest BCUT2D eigenvalue weighted by Gasteiger charge is -2.14. The van der Waals surface area contributed by atoms with Gasteiger partial charge in [0.05, 0.1) is 29.8 Å². The van der Waals surface area contributed by atoms with Crippen molar-refractivity contribution in [3.8, 4) is 17.0 Å². The number of benzene rings is 1. The molecule has 1 N–H and O–H groups in total. The summed E-state index contributed by atoms with van der Waals surface area (Å²) in [4.78, 5) is 20.9. The van der Waals surface area contributed by atoms with E-state index < -0.39 is 0 Å². The van der Waals surface area contributed by atoms with Crippen molar-refractivity contribution in [2.75, 3.05) is 26.0 Å². The minimum Gasteiger partial charge on any atom is -0.486 e. The van der Waals surface area contributed by atoms with Gasteiger partial charge < -0.3 is 14.8 Å². The summed E-state index contributed by atoms with van der Waals surface area (Å²) < 4.78 is 11.2. The van der Waals surface area contributed by atoms with Crippen molar-refractivity contribution < 1.29 is 14.3 Å². The van der Waals surface area contributed by atoms with Gasteiger partial charge in [0.15, 0.2) is 5.16 Å². The number of nitrogens with one attached hydrogen (secondary N) is 1. The molecule has 0 saturated carbocycles.